The van der Waals surface area contributed by atoms with Crippen molar-refractivity contribution in [1.29, 1.82) is 0 Å². The van der Waals surface area contributed by atoms with E-state index in [1.807, 2.05) is 11.7 Å². The fraction of sp³-hybridized carbons (Fsp3) is 0.812. The van der Waals surface area contributed by atoms with Crippen molar-refractivity contribution in [1.82, 2.24) is 20.0 Å². The Labute approximate surface area is 133 Å². The van der Waals surface area contributed by atoms with Crippen LogP contribution in [0, 0.1) is 5.92 Å². The molecule has 2 heterocycles. The second-order valence-electron chi connectivity index (χ2n) is 6.38. The molecule has 0 bridgehead atoms. The topological polar surface area (TPSA) is 33.1 Å². The van der Waals surface area contributed by atoms with Crippen molar-refractivity contribution in [2.75, 3.05) is 13.1 Å². The zero-order valence-corrected chi connectivity index (χ0v) is 14.7. The zero-order valence-electron chi connectivity index (χ0n) is 14.0. The van der Waals surface area contributed by atoms with Crippen LogP contribution in [0.3, 0.4) is 0 Å². The molecule has 0 aliphatic carbocycles. The summed E-state index contributed by atoms with van der Waals surface area (Å²) in [6.45, 7) is 12.0. The van der Waals surface area contributed by atoms with Gasteiger partial charge in [0.15, 0.2) is 0 Å². The van der Waals surface area contributed by atoms with E-state index in [4.69, 9.17) is 11.6 Å². The standard InChI is InChI=1S/C16H29ClN4/c1-6-11(3)14-8-18-12(4)9-21(14)10-15-16(17)13(7-2)19-20(15)5/h11-12,14,18H,6-10H2,1-5H3. The van der Waals surface area contributed by atoms with Crippen LogP contribution in [0.25, 0.3) is 0 Å². The Morgan fingerprint density at radius 3 is 2.71 bits per heavy atom. The molecule has 0 saturated carbocycles. The second-order valence-corrected chi connectivity index (χ2v) is 6.75. The molecule has 1 N–H and O–H groups in total. The number of nitrogens with zero attached hydrogens (tertiary/aromatic N) is 3. The molecule has 1 fully saturated rings. The van der Waals surface area contributed by atoms with Crippen molar-refractivity contribution in [2.45, 2.75) is 59.2 Å². The van der Waals surface area contributed by atoms with Crippen molar-refractivity contribution < 1.29 is 0 Å². The maximum atomic E-state index is 6.52. The van der Waals surface area contributed by atoms with Gasteiger partial charge in [-0.2, -0.15) is 5.10 Å². The minimum Gasteiger partial charge on any atom is -0.311 e. The van der Waals surface area contributed by atoms with Crippen molar-refractivity contribution in [3.63, 3.8) is 0 Å². The van der Waals surface area contributed by atoms with E-state index in [2.05, 4.69) is 43.0 Å². The van der Waals surface area contributed by atoms with Gasteiger partial charge in [-0.3, -0.25) is 9.58 Å². The number of aryl methyl sites for hydroxylation is 2. The highest BCUT2D eigenvalue weighted by atomic mass is 35.5. The number of halogens is 1. The van der Waals surface area contributed by atoms with Crippen LogP contribution in [0.5, 0.6) is 0 Å². The molecule has 4 nitrogen and oxygen atoms in total. The fourth-order valence-corrected chi connectivity index (χ4v) is 3.56. The summed E-state index contributed by atoms with van der Waals surface area (Å²) in [5, 5.41) is 9.01. The minimum atomic E-state index is 0.531. The molecule has 0 radical (unpaired) electrons. The lowest BCUT2D eigenvalue weighted by Crippen LogP contribution is -2.57. The first-order valence-corrected chi connectivity index (χ1v) is 8.53. The number of piperazine rings is 1. The van der Waals surface area contributed by atoms with Crippen LogP contribution < -0.4 is 5.32 Å². The Morgan fingerprint density at radius 1 is 1.43 bits per heavy atom. The summed E-state index contributed by atoms with van der Waals surface area (Å²) in [6, 6.07) is 1.10. The van der Waals surface area contributed by atoms with Crippen molar-refractivity contribution in [2.24, 2.45) is 13.0 Å². The highest BCUT2D eigenvalue weighted by molar-refractivity contribution is 6.31. The van der Waals surface area contributed by atoms with Crippen LogP contribution in [0.2, 0.25) is 5.02 Å². The Morgan fingerprint density at radius 2 is 2.14 bits per heavy atom. The predicted octanol–water partition coefficient (Wildman–Crippen LogP) is 2.84. The van der Waals surface area contributed by atoms with Gasteiger partial charge in [-0.25, -0.2) is 0 Å². The zero-order chi connectivity index (χ0) is 15.6. The number of hydrogen-bond acceptors (Lipinski definition) is 3. The quantitative estimate of drug-likeness (QED) is 0.907. The van der Waals surface area contributed by atoms with Gasteiger partial charge in [0.05, 0.1) is 16.4 Å². The van der Waals surface area contributed by atoms with E-state index in [-0.39, 0.29) is 0 Å². The normalized spacial score (nSPS) is 25.2. The summed E-state index contributed by atoms with van der Waals surface area (Å²) in [5.41, 5.74) is 2.16. The maximum Gasteiger partial charge on any atom is 0.0863 e. The van der Waals surface area contributed by atoms with Crippen molar-refractivity contribution >= 4 is 11.6 Å². The van der Waals surface area contributed by atoms with E-state index in [1.165, 1.54) is 6.42 Å². The summed E-state index contributed by atoms with van der Waals surface area (Å²) < 4.78 is 1.96. The maximum absolute atomic E-state index is 6.52. The van der Waals surface area contributed by atoms with Gasteiger partial charge in [-0.05, 0) is 19.3 Å². The summed E-state index contributed by atoms with van der Waals surface area (Å²) in [6.07, 6.45) is 2.09. The second kappa shape index (κ2) is 7.12. The largest absolute Gasteiger partial charge is 0.311 e. The van der Waals surface area contributed by atoms with Crippen LogP contribution in [0.4, 0.5) is 0 Å². The number of nitrogens with one attached hydrogen (secondary N) is 1. The molecule has 3 atom stereocenters. The highest BCUT2D eigenvalue weighted by Crippen LogP contribution is 2.26. The average Bonchev–Trinajstić information content (AvgIpc) is 2.74. The number of hydrogen-bond donors (Lipinski definition) is 1. The van der Waals surface area contributed by atoms with E-state index >= 15 is 0 Å². The molecule has 1 aromatic rings. The molecule has 2 rings (SSSR count). The molecule has 1 aliphatic heterocycles. The molecule has 3 unspecified atom stereocenters. The third kappa shape index (κ3) is 3.61. The third-order valence-corrected chi connectivity index (χ3v) is 5.25. The van der Waals surface area contributed by atoms with Crippen LogP contribution in [0.1, 0.15) is 45.5 Å². The minimum absolute atomic E-state index is 0.531. The van der Waals surface area contributed by atoms with Gasteiger partial charge in [0.25, 0.3) is 0 Å². The Hall–Kier alpha value is -0.580. The Kier molecular flexibility index (Phi) is 5.69. The molecular weight excluding hydrogens is 284 g/mol. The molecule has 21 heavy (non-hydrogen) atoms. The summed E-state index contributed by atoms with van der Waals surface area (Å²) in [7, 11) is 2.00. The SMILES string of the molecule is CCc1nn(C)c(CN2CC(C)NCC2C(C)CC)c1Cl. The molecular formula is C16H29ClN4. The molecule has 0 spiro atoms. The first-order chi connectivity index (χ1) is 9.97. The molecule has 1 aromatic heterocycles. The van der Waals surface area contributed by atoms with Gasteiger partial charge in [0.1, 0.15) is 0 Å². The molecule has 0 amide bonds. The molecule has 5 heteroatoms. The predicted molar refractivity (Wildman–Crippen MR) is 88.7 cm³/mol. The van der Waals surface area contributed by atoms with Crippen LogP contribution in [-0.4, -0.2) is 39.9 Å². The average molecular weight is 313 g/mol. The summed E-state index contributed by atoms with van der Waals surface area (Å²) in [5.74, 6) is 0.683. The smallest absolute Gasteiger partial charge is 0.0863 e. The van der Waals surface area contributed by atoms with E-state index in [9.17, 15) is 0 Å². The highest BCUT2D eigenvalue weighted by Gasteiger charge is 2.30. The van der Waals surface area contributed by atoms with E-state index < -0.39 is 0 Å². The molecule has 120 valence electrons. The van der Waals surface area contributed by atoms with E-state index in [0.717, 1.165) is 42.5 Å². The van der Waals surface area contributed by atoms with Gasteiger partial charge in [-0.1, -0.05) is 38.8 Å². The summed E-state index contributed by atoms with van der Waals surface area (Å²) >= 11 is 6.52. The van der Waals surface area contributed by atoms with Gasteiger partial charge in [0, 0.05) is 38.8 Å². The van der Waals surface area contributed by atoms with Crippen LogP contribution >= 0.6 is 11.6 Å². The fourth-order valence-electron chi connectivity index (χ4n) is 3.20. The Bertz CT molecular complexity index is 471. The first-order valence-electron chi connectivity index (χ1n) is 8.15. The number of rotatable bonds is 5. The van der Waals surface area contributed by atoms with E-state index in [0.29, 0.717) is 18.0 Å². The first kappa shape index (κ1) is 16.8. The van der Waals surface area contributed by atoms with Crippen LogP contribution in [0.15, 0.2) is 0 Å². The Balaban J connectivity index is 2.20. The van der Waals surface area contributed by atoms with Crippen molar-refractivity contribution in [3.05, 3.63) is 16.4 Å². The monoisotopic (exact) mass is 312 g/mol. The van der Waals surface area contributed by atoms with E-state index in [1.54, 1.807) is 0 Å². The lowest BCUT2D eigenvalue weighted by atomic mass is 9.94. The van der Waals surface area contributed by atoms with Gasteiger partial charge in [-0.15, -0.1) is 0 Å². The van der Waals surface area contributed by atoms with Gasteiger partial charge >= 0.3 is 0 Å². The molecule has 1 saturated heterocycles. The summed E-state index contributed by atoms with van der Waals surface area (Å²) in [4.78, 5) is 2.58. The lowest BCUT2D eigenvalue weighted by molar-refractivity contribution is 0.0861. The molecule has 1 aliphatic rings. The van der Waals surface area contributed by atoms with Gasteiger partial charge in [0.2, 0.25) is 0 Å². The third-order valence-electron chi connectivity index (χ3n) is 4.81. The number of aromatic nitrogens is 2. The van der Waals surface area contributed by atoms with Gasteiger partial charge < -0.3 is 5.32 Å². The lowest BCUT2D eigenvalue weighted by Gasteiger charge is -2.42. The van der Waals surface area contributed by atoms with Crippen molar-refractivity contribution in [3.8, 4) is 0 Å². The van der Waals surface area contributed by atoms with Crippen LogP contribution in [-0.2, 0) is 20.0 Å². The molecule has 0 aromatic carbocycles.